The van der Waals surface area contributed by atoms with Crippen molar-refractivity contribution in [2.75, 3.05) is 12.8 Å². The van der Waals surface area contributed by atoms with Gasteiger partial charge in [-0.05, 0) is 31.6 Å². The average Bonchev–Trinajstić information content (AvgIpc) is 2.73. The molecule has 0 amide bonds. The second-order valence-electron chi connectivity index (χ2n) is 6.01. The van der Waals surface area contributed by atoms with Crippen LogP contribution in [0.25, 0.3) is 0 Å². The standard InChI is InChI=1S/C15H25N3O2/c1-9(2)11-7-5-6-8-12(11)18-10(3)17-13(14(18)16)15(19)20-4/h9,11-12H,5-8,16H2,1-4H3. The topological polar surface area (TPSA) is 70.1 Å². The van der Waals surface area contributed by atoms with Crippen molar-refractivity contribution in [2.24, 2.45) is 11.8 Å². The zero-order valence-corrected chi connectivity index (χ0v) is 12.8. The number of carbonyl (C=O) groups excluding carboxylic acids is 1. The molecule has 0 spiro atoms. The maximum absolute atomic E-state index is 11.7. The van der Waals surface area contributed by atoms with Gasteiger partial charge in [-0.15, -0.1) is 0 Å². The summed E-state index contributed by atoms with van der Waals surface area (Å²) in [6, 6.07) is 0.342. The number of hydrogen-bond acceptors (Lipinski definition) is 4. The molecule has 2 unspecified atom stereocenters. The van der Waals surface area contributed by atoms with Crippen LogP contribution in [0.15, 0.2) is 0 Å². The first-order valence-electron chi connectivity index (χ1n) is 7.40. The van der Waals surface area contributed by atoms with Crippen LogP contribution in [0.2, 0.25) is 0 Å². The number of methoxy groups -OCH3 is 1. The van der Waals surface area contributed by atoms with E-state index in [0.29, 0.717) is 23.7 Å². The summed E-state index contributed by atoms with van der Waals surface area (Å²) in [6.07, 6.45) is 4.80. The van der Waals surface area contributed by atoms with Crippen molar-refractivity contribution >= 4 is 11.8 Å². The van der Waals surface area contributed by atoms with E-state index >= 15 is 0 Å². The molecular weight excluding hydrogens is 254 g/mol. The van der Waals surface area contributed by atoms with Gasteiger partial charge in [0.1, 0.15) is 11.6 Å². The maximum Gasteiger partial charge on any atom is 0.360 e. The Kier molecular flexibility index (Phi) is 4.35. The second-order valence-corrected chi connectivity index (χ2v) is 6.01. The summed E-state index contributed by atoms with van der Waals surface area (Å²) in [7, 11) is 1.35. The largest absolute Gasteiger partial charge is 0.464 e. The van der Waals surface area contributed by atoms with E-state index in [4.69, 9.17) is 10.5 Å². The lowest BCUT2D eigenvalue weighted by molar-refractivity contribution is 0.0595. The lowest BCUT2D eigenvalue weighted by atomic mass is 9.77. The van der Waals surface area contributed by atoms with E-state index in [9.17, 15) is 4.79 Å². The number of ether oxygens (including phenoxy) is 1. The van der Waals surface area contributed by atoms with Crippen molar-refractivity contribution < 1.29 is 9.53 Å². The molecule has 1 aromatic rings. The highest BCUT2D eigenvalue weighted by Crippen LogP contribution is 2.40. The number of carbonyl (C=O) groups is 1. The van der Waals surface area contributed by atoms with E-state index in [2.05, 4.69) is 23.4 Å². The number of anilines is 1. The number of nitrogens with two attached hydrogens (primary N) is 1. The second kappa shape index (κ2) is 5.85. The number of rotatable bonds is 3. The molecule has 0 aromatic carbocycles. The summed E-state index contributed by atoms with van der Waals surface area (Å²) in [5.41, 5.74) is 6.42. The summed E-state index contributed by atoms with van der Waals surface area (Å²) in [6.45, 7) is 6.42. The van der Waals surface area contributed by atoms with Crippen LogP contribution >= 0.6 is 0 Å². The number of aromatic nitrogens is 2. The van der Waals surface area contributed by atoms with Gasteiger partial charge in [-0.3, -0.25) is 0 Å². The smallest absolute Gasteiger partial charge is 0.360 e. The molecule has 20 heavy (non-hydrogen) atoms. The van der Waals surface area contributed by atoms with E-state index in [1.165, 1.54) is 26.4 Å². The van der Waals surface area contributed by atoms with Crippen molar-refractivity contribution in [3.8, 4) is 0 Å². The van der Waals surface area contributed by atoms with Gasteiger partial charge in [-0.1, -0.05) is 26.7 Å². The molecular formula is C15H25N3O2. The summed E-state index contributed by atoms with van der Waals surface area (Å²) in [5.74, 6) is 1.99. The molecule has 1 saturated carbocycles. The van der Waals surface area contributed by atoms with Crippen LogP contribution in [0.3, 0.4) is 0 Å². The SMILES string of the molecule is COC(=O)c1nc(C)n(C2CCCCC2C(C)C)c1N. The highest BCUT2D eigenvalue weighted by molar-refractivity contribution is 5.92. The molecule has 1 aliphatic carbocycles. The van der Waals surface area contributed by atoms with Gasteiger partial charge in [0.05, 0.1) is 7.11 Å². The Bertz CT molecular complexity index is 494. The number of nitrogens with zero attached hydrogens (tertiary/aromatic N) is 2. The fourth-order valence-electron chi connectivity index (χ4n) is 3.47. The molecule has 0 saturated heterocycles. The van der Waals surface area contributed by atoms with Gasteiger partial charge in [0, 0.05) is 6.04 Å². The van der Waals surface area contributed by atoms with Gasteiger partial charge in [0.25, 0.3) is 0 Å². The minimum absolute atomic E-state index is 0.248. The molecule has 1 aromatic heterocycles. The predicted octanol–water partition coefficient (Wildman–Crippen LogP) is 2.95. The van der Waals surface area contributed by atoms with Gasteiger partial charge < -0.3 is 15.0 Å². The van der Waals surface area contributed by atoms with Crippen molar-refractivity contribution in [3.63, 3.8) is 0 Å². The number of hydrogen-bond donors (Lipinski definition) is 1. The van der Waals surface area contributed by atoms with Gasteiger partial charge >= 0.3 is 5.97 Å². The Morgan fingerprint density at radius 2 is 2.05 bits per heavy atom. The van der Waals surface area contributed by atoms with Gasteiger partial charge in [-0.2, -0.15) is 0 Å². The van der Waals surface area contributed by atoms with Crippen LogP contribution in [0.4, 0.5) is 5.82 Å². The van der Waals surface area contributed by atoms with E-state index < -0.39 is 5.97 Å². The maximum atomic E-state index is 11.7. The monoisotopic (exact) mass is 279 g/mol. The minimum atomic E-state index is -0.457. The Labute approximate surface area is 120 Å². The molecule has 1 aliphatic rings. The van der Waals surface area contributed by atoms with Crippen LogP contribution in [0, 0.1) is 18.8 Å². The van der Waals surface area contributed by atoms with Crippen molar-refractivity contribution in [3.05, 3.63) is 11.5 Å². The fraction of sp³-hybridized carbons (Fsp3) is 0.733. The van der Waals surface area contributed by atoms with Crippen molar-refractivity contribution in [1.82, 2.24) is 9.55 Å². The van der Waals surface area contributed by atoms with Crippen LogP contribution < -0.4 is 5.73 Å². The minimum Gasteiger partial charge on any atom is -0.464 e. The zero-order chi connectivity index (χ0) is 14.9. The predicted molar refractivity (Wildman–Crippen MR) is 78.5 cm³/mol. The molecule has 5 heteroatoms. The highest BCUT2D eigenvalue weighted by Gasteiger charge is 2.32. The molecule has 2 atom stereocenters. The fourth-order valence-corrected chi connectivity index (χ4v) is 3.47. The third kappa shape index (κ3) is 2.53. The molecule has 0 radical (unpaired) electrons. The first-order valence-corrected chi connectivity index (χ1v) is 7.40. The average molecular weight is 279 g/mol. The number of esters is 1. The molecule has 0 bridgehead atoms. The Balaban J connectivity index is 2.40. The Morgan fingerprint density at radius 1 is 1.40 bits per heavy atom. The lowest BCUT2D eigenvalue weighted by Crippen LogP contribution is -2.28. The molecule has 2 rings (SSSR count). The Morgan fingerprint density at radius 3 is 2.65 bits per heavy atom. The van der Waals surface area contributed by atoms with E-state index in [0.717, 1.165) is 12.2 Å². The third-order valence-corrected chi connectivity index (χ3v) is 4.47. The summed E-state index contributed by atoms with van der Waals surface area (Å²) < 4.78 is 6.80. The number of imidazole rings is 1. The van der Waals surface area contributed by atoms with Crippen molar-refractivity contribution in [2.45, 2.75) is 52.5 Å². The van der Waals surface area contributed by atoms with Crippen LogP contribution in [0.5, 0.6) is 0 Å². The summed E-state index contributed by atoms with van der Waals surface area (Å²) >= 11 is 0. The quantitative estimate of drug-likeness (QED) is 0.864. The molecule has 112 valence electrons. The summed E-state index contributed by atoms with van der Waals surface area (Å²) in [5, 5.41) is 0. The van der Waals surface area contributed by atoms with Crippen LogP contribution in [-0.2, 0) is 4.74 Å². The van der Waals surface area contributed by atoms with E-state index in [1.807, 2.05) is 6.92 Å². The van der Waals surface area contributed by atoms with Crippen molar-refractivity contribution in [1.29, 1.82) is 0 Å². The van der Waals surface area contributed by atoms with E-state index in [1.54, 1.807) is 0 Å². The number of nitrogen functional groups attached to an aromatic ring is 1. The first-order chi connectivity index (χ1) is 9.47. The molecule has 1 fully saturated rings. The van der Waals surface area contributed by atoms with E-state index in [-0.39, 0.29) is 5.69 Å². The number of aryl methyl sites for hydroxylation is 1. The molecule has 2 N–H and O–H groups in total. The van der Waals surface area contributed by atoms with Gasteiger partial charge in [-0.25, -0.2) is 9.78 Å². The van der Waals surface area contributed by atoms with Gasteiger partial charge in [0.2, 0.25) is 0 Å². The van der Waals surface area contributed by atoms with Gasteiger partial charge in [0.15, 0.2) is 5.69 Å². The molecule has 5 nitrogen and oxygen atoms in total. The van der Waals surface area contributed by atoms with Crippen LogP contribution in [-0.4, -0.2) is 22.6 Å². The molecule has 1 heterocycles. The normalized spacial score (nSPS) is 23.1. The third-order valence-electron chi connectivity index (χ3n) is 4.47. The zero-order valence-electron chi connectivity index (χ0n) is 12.8. The highest BCUT2D eigenvalue weighted by atomic mass is 16.5. The molecule has 0 aliphatic heterocycles. The summed E-state index contributed by atoms with van der Waals surface area (Å²) in [4.78, 5) is 16.0. The van der Waals surface area contributed by atoms with Crippen LogP contribution in [0.1, 0.15) is 61.9 Å². The first kappa shape index (κ1) is 14.9. The Hall–Kier alpha value is -1.52. The lowest BCUT2D eigenvalue weighted by Gasteiger charge is -2.36.